The Morgan fingerprint density at radius 1 is 1.08 bits per heavy atom. The first kappa shape index (κ1) is 17.7. The van der Waals surface area contributed by atoms with Crippen LogP contribution in [0.5, 0.6) is 0 Å². The highest BCUT2D eigenvalue weighted by Crippen LogP contribution is 2.23. The fraction of sp³-hybridized carbons (Fsp3) is 0.118. The molecule has 0 aliphatic rings. The number of nitrogens with one attached hydrogen (secondary N) is 1. The van der Waals surface area contributed by atoms with E-state index in [1.54, 1.807) is 0 Å². The van der Waals surface area contributed by atoms with E-state index in [1.165, 1.54) is 11.3 Å². The lowest BCUT2D eigenvalue weighted by Gasteiger charge is -2.07. The monoisotopic (exact) mass is 380 g/mol. The van der Waals surface area contributed by atoms with Gasteiger partial charge < -0.3 is 0 Å². The summed E-state index contributed by atoms with van der Waals surface area (Å²) in [6.07, 6.45) is 0.347. The van der Waals surface area contributed by atoms with Crippen LogP contribution < -0.4 is 4.72 Å². The maximum atomic E-state index is 13.6. The molecular weight excluding hydrogens is 366 g/mol. The number of hydrogen-bond donors (Lipinski definition) is 1. The molecule has 130 valence electrons. The van der Waals surface area contributed by atoms with E-state index >= 15 is 0 Å². The van der Waals surface area contributed by atoms with E-state index in [0.717, 1.165) is 28.4 Å². The average Bonchev–Trinajstić information content (AvgIpc) is 3.06. The van der Waals surface area contributed by atoms with Crippen LogP contribution in [-0.4, -0.2) is 19.9 Å². The van der Waals surface area contributed by atoms with Crippen molar-refractivity contribution in [2.75, 3.05) is 6.54 Å². The van der Waals surface area contributed by atoms with Crippen molar-refractivity contribution >= 4 is 21.4 Å². The molecule has 1 N–H and O–H groups in total. The molecule has 3 rings (SSSR count). The van der Waals surface area contributed by atoms with Gasteiger partial charge in [0, 0.05) is 23.9 Å². The highest BCUT2D eigenvalue weighted by Gasteiger charge is 2.19. The molecule has 0 spiro atoms. The summed E-state index contributed by atoms with van der Waals surface area (Å²) in [5.41, 5.74) is 1.72. The van der Waals surface area contributed by atoms with Gasteiger partial charge in [0.15, 0.2) is 0 Å². The maximum Gasteiger partial charge on any atom is 0.243 e. The molecule has 4 nitrogen and oxygen atoms in total. The second kappa shape index (κ2) is 7.38. The molecule has 2 aromatic carbocycles. The zero-order valence-electron chi connectivity index (χ0n) is 12.9. The summed E-state index contributed by atoms with van der Waals surface area (Å²) in [4.78, 5) is 3.76. The molecule has 0 fully saturated rings. The van der Waals surface area contributed by atoms with Gasteiger partial charge in [0.2, 0.25) is 10.0 Å². The fourth-order valence-corrected chi connectivity index (χ4v) is 4.19. The topological polar surface area (TPSA) is 59.1 Å². The van der Waals surface area contributed by atoms with Gasteiger partial charge in [-0.05, 0) is 18.2 Å². The van der Waals surface area contributed by atoms with Crippen LogP contribution in [0, 0.1) is 11.6 Å². The van der Waals surface area contributed by atoms with Crippen molar-refractivity contribution in [3.63, 3.8) is 0 Å². The lowest BCUT2D eigenvalue weighted by atomic mass is 10.2. The Bertz CT molecular complexity index is 973. The van der Waals surface area contributed by atoms with Crippen molar-refractivity contribution in [3.8, 4) is 10.6 Å². The number of rotatable bonds is 6. The molecule has 0 amide bonds. The van der Waals surface area contributed by atoms with Crippen molar-refractivity contribution in [3.05, 3.63) is 71.2 Å². The van der Waals surface area contributed by atoms with Crippen molar-refractivity contribution in [2.24, 2.45) is 0 Å². The Labute approximate surface area is 148 Å². The van der Waals surface area contributed by atoms with E-state index in [1.807, 2.05) is 35.7 Å². The number of aromatic nitrogens is 1. The summed E-state index contributed by atoms with van der Waals surface area (Å²) in [5.74, 6) is -1.80. The van der Waals surface area contributed by atoms with Crippen molar-refractivity contribution in [1.82, 2.24) is 9.71 Å². The molecule has 0 bridgehead atoms. The normalized spacial score (nSPS) is 11.6. The fourth-order valence-electron chi connectivity index (χ4n) is 2.21. The minimum absolute atomic E-state index is 0.0379. The van der Waals surface area contributed by atoms with E-state index in [-0.39, 0.29) is 6.54 Å². The zero-order chi connectivity index (χ0) is 17.9. The van der Waals surface area contributed by atoms with Crippen LogP contribution in [0.2, 0.25) is 0 Å². The molecule has 0 saturated carbocycles. The Morgan fingerprint density at radius 2 is 1.84 bits per heavy atom. The van der Waals surface area contributed by atoms with E-state index in [9.17, 15) is 17.2 Å². The standard InChI is InChI=1S/C17H14F2N2O2S2/c18-13-6-7-15(19)16(10-13)25(22,23)20-9-8-14-11-24-17(21-14)12-4-2-1-3-5-12/h1-7,10-11,20H,8-9H2. The van der Waals surface area contributed by atoms with E-state index in [2.05, 4.69) is 9.71 Å². The van der Waals surface area contributed by atoms with Gasteiger partial charge in [-0.1, -0.05) is 30.3 Å². The predicted octanol–water partition coefficient (Wildman–Crippen LogP) is 3.61. The number of nitrogens with zero attached hydrogens (tertiary/aromatic N) is 1. The number of sulfonamides is 1. The lowest BCUT2D eigenvalue weighted by Crippen LogP contribution is -2.27. The van der Waals surface area contributed by atoms with Gasteiger partial charge in [-0.2, -0.15) is 0 Å². The van der Waals surface area contributed by atoms with E-state index in [4.69, 9.17) is 0 Å². The molecule has 0 saturated heterocycles. The molecule has 8 heteroatoms. The zero-order valence-corrected chi connectivity index (χ0v) is 14.6. The van der Waals surface area contributed by atoms with E-state index < -0.39 is 26.6 Å². The van der Waals surface area contributed by atoms with Crippen LogP contribution in [0.4, 0.5) is 8.78 Å². The van der Waals surface area contributed by atoms with Gasteiger partial charge in [0.05, 0.1) is 5.69 Å². The SMILES string of the molecule is O=S(=O)(NCCc1csc(-c2ccccc2)n1)c1cc(F)ccc1F. The van der Waals surface area contributed by atoms with Crippen LogP contribution in [0.15, 0.2) is 58.8 Å². The summed E-state index contributed by atoms with van der Waals surface area (Å²) < 4.78 is 53.2. The average molecular weight is 380 g/mol. The highest BCUT2D eigenvalue weighted by atomic mass is 32.2. The molecular formula is C17H14F2N2O2S2. The first-order valence-electron chi connectivity index (χ1n) is 7.40. The van der Waals surface area contributed by atoms with Crippen molar-refractivity contribution in [1.29, 1.82) is 0 Å². The van der Waals surface area contributed by atoms with Crippen molar-refractivity contribution < 1.29 is 17.2 Å². The minimum Gasteiger partial charge on any atom is -0.241 e. The third-order valence-electron chi connectivity index (χ3n) is 3.43. The summed E-state index contributed by atoms with van der Waals surface area (Å²) in [7, 11) is -4.12. The predicted molar refractivity (Wildman–Crippen MR) is 92.8 cm³/mol. The first-order chi connectivity index (χ1) is 12.0. The second-order valence-electron chi connectivity index (χ2n) is 5.23. The molecule has 0 atom stereocenters. The number of hydrogen-bond acceptors (Lipinski definition) is 4. The maximum absolute atomic E-state index is 13.6. The quantitative estimate of drug-likeness (QED) is 0.711. The van der Waals surface area contributed by atoms with Gasteiger partial charge in [-0.15, -0.1) is 11.3 Å². The van der Waals surface area contributed by atoms with Gasteiger partial charge in [-0.3, -0.25) is 0 Å². The van der Waals surface area contributed by atoms with Crippen LogP contribution >= 0.6 is 11.3 Å². The largest absolute Gasteiger partial charge is 0.243 e. The minimum atomic E-state index is -4.12. The van der Waals surface area contributed by atoms with Crippen LogP contribution in [0.25, 0.3) is 10.6 Å². The summed E-state index contributed by atoms with van der Waals surface area (Å²) in [6.45, 7) is 0.0379. The number of benzene rings is 2. The molecule has 3 aromatic rings. The number of halogens is 2. The Kier molecular flexibility index (Phi) is 5.22. The summed E-state index contributed by atoms with van der Waals surface area (Å²) in [6, 6.07) is 11.9. The Hall–Kier alpha value is -2.16. The number of thiazole rings is 1. The summed E-state index contributed by atoms with van der Waals surface area (Å²) in [5, 5.41) is 2.69. The van der Waals surface area contributed by atoms with E-state index in [0.29, 0.717) is 12.5 Å². The second-order valence-corrected chi connectivity index (χ2v) is 7.83. The third-order valence-corrected chi connectivity index (χ3v) is 5.84. The molecule has 1 aromatic heterocycles. The smallest absolute Gasteiger partial charge is 0.241 e. The Morgan fingerprint density at radius 3 is 2.60 bits per heavy atom. The molecule has 0 aliphatic heterocycles. The highest BCUT2D eigenvalue weighted by molar-refractivity contribution is 7.89. The van der Waals surface area contributed by atoms with Gasteiger partial charge in [0.25, 0.3) is 0 Å². The van der Waals surface area contributed by atoms with Crippen LogP contribution in [0.1, 0.15) is 5.69 Å². The molecule has 0 aliphatic carbocycles. The Balaban J connectivity index is 1.65. The first-order valence-corrected chi connectivity index (χ1v) is 9.76. The molecule has 0 unspecified atom stereocenters. The molecule has 0 radical (unpaired) electrons. The van der Waals surface area contributed by atoms with Gasteiger partial charge in [-0.25, -0.2) is 26.9 Å². The molecule has 1 heterocycles. The summed E-state index contributed by atoms with van der Waals surface area (Å²) >= 11 is 1.46. The van der Waals surface area contributed by atoms with Gasteiger partial charge in [0.1, 0.15) is 21.5 Å². The van der Waals surface area contributed by atoms with Crippen LogP contribution in [0.3, 0.4) is 0 Å². The lowest BCUT2D eigenvalue weighted by molar-refractivity contribution is 0.546. The van der Waals surface area contributed by atoms with Crippen LogP contribution in [-0.2, 0) is 16.4 Å². The molecule has 25 heavy (non-hydrogen) atoms. The van der Waals surface area contributed by atoms with Gasteiger partial charge >= 0.3 is 0 Å². The third kappa shape index (κ3) is 4.28. The van der Waals surface area contributed by atoms with Crippen molar-refractivity contribution in [2.45, 2.75) is 11.3 Å².